The monoisotopic (exact) mass is 474 g/mol. The van der Waals surface area contributed by atoms with E-state index in [4.69, 9.17) is 5.73 Å². The van der Waals surface area contributed by atoms with Crippen molar-refractivity contribution >= 4 is 29.2 Å². The zero-order valence-corrected chi connectivity index (χ0v) is 18.8. The number of nitrogens with one attached hydrogen (secondary N) is 3. The van der Waals surface area contributed by atoms with E-state index in [2.05, 4.69) is 21.3 Å². The van der Waals surface area contributed by atoms with Crippen molar-refractivity contribution in [3.63, 3.8) is 0 Å². The summed E-state index contributed by atoms with van der Waals surface area (Å²) in [5.41, 5.74) is 12.4. The summed E-state index contributed by atoms with van der Waals surface area (Å²) in [7, 11) is 0. The van der Waals surface area contributed by atoms with Gasteiger partial charge in [0, 0.05) is 16.6 Å². The van der Waals surface area contributed by atoms with Crippen LogP contribution in [0.25, 0.3) is 16.9 Å². The maximum Gasteiger partial charge on any atom is 0.312 e. The Balaban J connectivity index is 1.50. The minimum atomic E-state index is -0.740. The highest BCUT2D eigenvalue weighted by Crippen LogP contribution is 2.24. The number of hydrogen-bond donors (Lipinski definition) is 4. The molecule has 4 rings (SSSR count). The summed E-state index contributed by atoms with van der Waals surface area (Å²) in [5, 5.41) is 8.98. The second-order valence-corrected chi connectivity index (χ2v) is 8.30. The van der Waals surface area contributed by atoms with Crippen molar-refractivity contribution in [1.82, 2.24) is 25.9 Å². The normalized spacial score (nSPS) is 11.4. The number of hydrazine groups is 1. The zero-order valence-electron chi connectivity index (χ0n) is 18.0. The first kappa shape index (κ1) is 22.7. The third-order valence-electron chi connectivity index (χ3n) is 4.93. The fourth-order valence-electron chi connectivity index (χ4n) is 3.38. The molecule has 9 nitrogen and oxygen atoms in total. The van der Waals surface area contributed by atoms with Crippen molar-refractivity contribution in [3.05, 3.63) is 94.8 Å². The van der Waals surface area contributed by atoms with Gasteiger partial charge in [0.05, 0.1) is 23.7 Å². The van der Waals surface area contributed by atoms with Crippen LogP contribution in [-0.4, -0.2) is 27.6 Å². The van der Waals surface area contributed by atoms with Crippen LogP contribution in [0.15, 0.2) is 84.4 Å². The van der Waals surface area contributed by atoms with Crippen molar-refractivity contribution in [1.29, 1.82) is 0 Å². The molecule has 1 atom stereocenters. The summed E-state index contributed by atoms with van der Waals surface area (Å²) < 4.78 is 1.61. The molecule has 2 heterocycles. The Morgan fingerprint density at radius 1 is 0.941 bits per heavy atom. The molecular weight excluding hydrogens is 452 g/mol. The van der Waals surface area contributed by atoms with Gasteiger partial charge in [0.2, 0.25) is 5.91 Å². The second-order valence-electron chi connectivity index (χ2n) is 7.32. The Kier molecular flexibility index (Phi) is 6.99. The van der Waals surface area contributed by atoms with Crippen molar-refractivity contribution in [2.45, 2.75) is 12.5 Å². The van der Waals surface area contributed by atoms with Gasteiger partial charge in [0.1, 0.15) is 5.69 Å². The van der Waals surface area contributed by atoms with Gasteiger partial charge in [-0.25, -0.2) is 9.48 Å². The summed E-state index contributed by atoms with van der Waals surface area (Å²) >= 11 is 1.39. The molecule has 0 saturated carbocycles. The van der Waals surface area contributed by atoms with Gasteiger partial charge < -0.3 is 11.1 Å². The molecule has 0 aliphatic heterocycles. The third kappa shape index (κ3) is 5.48. The fraction of sp³-hybridized carbons (Fsp3) is 0.0833. The Hall–Kier alpha value is -4.44. The molecular formula is C24H22N6O3S. The highest BCUT2D eigenvalue weighted by Gasteiger charge is 2.21. The highest BCUT2D eigenvalue weighted by molar-refractivity contribution is 7.10. The molecule has 2 aromatic heterocycles. The Bertz CT molecular complexity index is 1270. The Labute approximate surface area is 199 Å². The number of benzene rings is 2. The van der Waals surface area contributed by atoms with Crippen LogP contribution in [0.1, 0.15) is 27.7 Å². The molecule has 0 aliphatic rings. The van der Waals surface area contributed by atoms with Crippen LogP contribution in [0, 0.1) is 0 Å². The predicted molar refractivity (Wildman–Crippen MR) is 129 cm³/mol. The minimum Gasteiger partial charge on any atom is -0.352 e. The molecule has 4 aromatic rings. The van der Waals surface area contributed by atoms with Gasteiger partial charge in [-0.15, -0.1) is 11.3 Å². The number of primary amides is 1. The molecule has 0 spiro atoms. The first-order valence-electron chi connectivity index (χ1n) is 10.4. The Morgan fingerprint density at radius 2 is 1.65 bits per heavy atom. The molecule has 4 amide bonds. The van der Waals surface area contributed by atoms with Crippen molar-refractivity contribution in [2.24, 2.45) is 5.73 Å². The molecule has 5 N–H and O–H groups in total. The van der Waals surface area contributed by atoms with Crippen LogP contribution in [0.4, 0.5) is 4.79 Å². The first-order valence-corrected chi connectivity index (χ1v) is 11.3. The number of carbonyl (C=O) groups is 3. The van der Waals surface area contributed by atoms with E-state index >= 15 is 0 Å². The first-order chi connectivity index (χ1) is 16.5. The molecule has 1 unspecified atom stereocenters. The van der Waals surface area contributed by atoms with Gasteiger partial charge >= 0.3 is 6.03 Å². The quantitative estimate of drug-likeness (QED) is 0.306. The van der Waals surface area contributed by atoms with E-state index < -0.39 is 23.9 Å². The molecule has 10 heteroatoms. The largest absolute Gasteiger partial charge is 0.352 e. The van der Waals surface area contributed by atoms with Crippen LogP contribution in [0.3, 0.4) is 0 Å². The van der Waals surface area contributed by atoms with Gasteiger partial charge in [0.25, 0.3) is 5.91 Å². The third-order valence-corrected chi connectivity index (χ3v) is 5.92. The number of carbonyl (C=O) groups excluding carboxylic acids is 3. The summed E-state index contributed by atoms with van der Waals surface area (Å²) in [6.45, 7) is 0. The number of para-hydroxylation sites is 1. The van der Waals surface area contributed by atoms with E-state index in [1.165, 1.54) is 11.3 Å². The number of amides is 4. The fourth-order valence-corrected chi connectivity index (χ4v) is 4.15. The van der Waals surface area contributed by atoms with E-state index in [0.29, 0.717) is 11.3 Å². The van der Waals surface area contributed by atoms with E-state index in [1.54, 1.807) is 16.9 Å². The molecule has 0 bridgehead atoms. The van der Waals surface area contributed by atoms with Crippen LogP contribution < -0.4 is 21.9 Å². The average molecular weight is 475 g/mol. The SMILES string of the molecule is NC(=O)NC(CC(=O)NNC(=O)c1cn(-c2ccccc2)nc1-c1ccccc1)c1cccs1. The van der Waals surface area contributed by atoms with E-state index in [1.807, 2.05) is 72.1 Å². The summed E-state index contributed by atoms with van der Waals surface area (Å²) in [6.07, 6.45) is 1.51. The van der Waals surface area contributed by atoms with Crippen LogP contribution >= 0.6 is 11.3 Å². The molecule has 0 aliphatic carbocycles. The molecule has 0 saturated heterocycles. The number of hydrogen-bond acceptors (Lipinski definition) is 5. The van der Waals surface area contributed by atoms with Gasteiger partial charge in [-0.1, -0.05) is 54.6 Å². The highest BCUT2D eigenvalue weighted by atomic mass is 32.1. The minimum absolute atomic E-state index is 0.0987. The smallest absolute Gasteiger partial charge is 0.312 e. The van der Waals surface area contributed by atoms with Gasteiger partial charge in [-0.2, -0.15) is 5.10 Å². The number of thiophene rings is 1. The maximum absolute atomic E-state index is 13.0. The lowest BCUT2D eigenvalue weighted by Gasteiger charge is -2.16. The molecule has 0 radical (unpaired) electrons. The average Bonchev–Trinajstić information content (AvgIpc) is 3.54. The molecule has 0 fully saturated rings. The van der Waals surface area contributed by atoms with Gasteiger partial charge in [-0.05, 0) is 23.6 Å². The number of rotatable bonds is 7. The van der Waals surface area contributed by atoms with Crippen LogP contribution in [0.2, 0.25) is 0 Å². The predicted octanol–water partition coefficient (Wildman–Crippen LogP) is 3.16. The molecule has 2 aromatic carbocycles. The standard InChI is InChI=1S/C24H22N6O3S/c25-24(33)26-19(20-12-7-13-34-20)14-21(31)27-28-23(32)18-15-30(17-10-5-2-6-11-17)29-22(18)16-8-3-1-4-9-16/h1-13,15,19H,14H2,(H,27,31)(H,28,32)(H3,25,26,33). The topological polar surface area (TPSA) is 131 Å². The van der Waals surface area contributed by atoms with Crippen LogP contribution in [0.5, 0.6) is 0 Å². The number of nitrogens with two attached hydrogens (primary N) is 1. The summed E-state index contributed by atoms with van der Waals surface area (Å²) in [4.78, 5) is 37.6. The van der Waals surface area contributed by atoms with Crippen molar-refractivity contribution < 1.29 is 14.4 Å². The lowest BCUT2D eigenvalue weighted by molar-refractivity contribution is -0.122. The van der Waals surface area contributed by atoms with E-state index in [9.17, 15) is 14.4 Å². The zero-order chi connectivity index (χ0) is 23.9. The Morgan fingerprint density at radius 3 is 2.29 bits per heavy atom. The number of urea groups is 1. The van der Waals surface area contributed by atoms with Crippen molar-refractivity contribution in [2.75, 3.05) is 0 Å². The van der Waals surface area contributed by atoms with Gasteiger partial charge in [-0.3, -0.25) is 20.4 Å². The molecule has 172 valence electrons. The lowest BCUT2D eigenvalue weighted by Crippen LogP contribution is -2.44. The van der Waals surface area contributed by atoms with Crippen molar-refractivity contribution in [3.8, 4) is 16.9 Å². The van der Waals surface area contributed by atoms with Crippen LogP contribution in [-0.2, 0) is 4.79 Å². The van der Waals surface area contributed by atoms with E-state index in [0.717, 1.165) is 16.1 Å². The second kappa shape index (κ2) is 10.5. The molecule has 34 heavy (non-hydrogen) atoms. The van der Waals surface area contributed by atoms with Gasteiger partial charge in [0.15, 0.2) is 0 Å². The number of nitrogens with zero attached hydrogens (tertiary/aromatic N) is 2. The lowest BCUT2D eigenvalue weighted by atomic mass is 10.1. The summed E-state index contributed by atoms with van der Waals surface area (Å²) in [5.74, 6) is -1.01. The number of aromatic nitrogens is 2. The van der Waals surface area contributed by atoms with E-state index in [-0.39, 0.29) is 6.42 Å². The summed E-state index contributed by atoms with van der Waals surface area (Å²) in [6, 6.07) is 21.0. The maximum atomic E-state index is 13.0.